The Hall–Kier alpha value is -3.69. The van der Waals surface area contributed by atoms with Crippen LogP contribution in [-0.4, -0.2) is 67.2 Å². The number of imidazole rings is 1. The van der Waals surface area contributed by atoms with Crippen LogP contribution in [-0.2, 0) is 11.3 Å². The van der Waals surface area contributed by atoms with Crippen molar-refractivity contribution in [3.8, 4) is 5.69 Å². The molecule has 2 aromatic heterocycles. The van der Waals surface area contributed by atoms with E-state index in [1.54, 1.807) is 26.8 Å². The normalized spacial score (nSPS) is 14.2. The van der Waals surface area contributed by atoms with Crippen molar-refractivity contribution in [2.75, 3.05) is 19.6 Å². The highest BCUT2D eigenvalue weighted by atomic mass is 19.1. The molecule has 204 valence electrons. The third kappa shape index (κ3) is 5.16. The molecule has 1 saturated heterocycles. The molecule has 4 rings (SSSR count). The van der Waals surface area contributed by atoms with Crippen LogP contribution in [0.1, 0.15) is 57.5 Å². The number of rotatable bonds is 6. The molecule has 0 atom stereocenters. The molecule has 0 unspecified atom stereocenters. The van der Waals surface area contributed by atoms with Crippen LogP contribution < -0.4 is 5.69 Å². The Balaban J connectivity index is 1.75. The zero-order valence-electron chi connectivity index (χ0n) is 23.1. The minimum absolute atomic E-state index is 0.0534. The van der Waals surface area contributed by atoms with Crippen molar-refractivity contribution >= 4 is 23.0 Å². The van der Waals surface area contributed by atoms with Gasteiger partial charge in [0.25, 0.3) is 5.91 Å². The Morgan fingerprint density at radius 2 is 1.89 bits per heavy atom. The molecule has 0 radical (unpaired) electrons. The third-order valence-corrected chi connectivity index (χ3v) is 6.72. The number of hydrogen-bond acceptors (Lipinski definition) is 5. The van der Waals surface area contributed by atoms with Gasteiger partial charge in [-0.2, -0.15) is 0 Å². The summed E-state index contributed by atoms with van der Waals surface area (Å²) in [6, 6.07) is 3.81. The van der Waals surface area contributed by atoms with E-state index in [2.05, 4.69) is 4.98 Å². The lowest BCUT2D eigenvalue weighted by Gasteiger charge is -2.39. The summed E-state index contributed by atoms with van der Waals surface area (Å²) in [5.41, 5.74) is 1.52. The second-order valence-corrected chi connectivity index (χ2v) is 11.2. The van der Waals surface area contributed by atoms with Gasteiger partial charge in [-0.05, 0) is 72.2 Å². The summed E-state index contributed by atoms with van der Waals surface area (Å²) < 4.78 is 22.9. The first kappa shape index (κ1) is 27.3. The molecule has 1 aromatic carbocycles. The molecule has 1 fully saturated rings. The number of likely N-dealkylation sites (tertiary alicyclic amines) is 1. The first-order valence-corrected chi connectivity index (χ1v) is 13.0. The van der Waals surface area contributed by atoms with Crippen LogP contribution in [0.2, 0.25) is 0 Å². The number of fused-ring (bicyclic) bond motifs is 1. The lowest BCUT2D eigenvalue weighted by atomic mass is 10.0. The van der Waals surface area contributed by atoms with Crippen LogP contribution >= 0.6 is 0 Å². The number of hydrogen-bond donors (Lipinski definition) is 0. The van der Waals surface area contributed by atoms with E-state index in [0.29, 0.717) is 42.9 Å². The van der Waals surface area contributed by atoms with Gasteiger partial charge in [-0.3, -0.25) is 18.9 Å². The Kier molecular flexibility index (Phi) is 7.36. The maximum atomic E-state index is 14.4. The monoisotopic (exact) mass is 525 g/mol. The molecule has 0 N–H and O–H groups in total. The number of ether oxygens (including phenoxy) is 1. The maximum Gasteiger partial charge on any atom is 0.410 e. The van der Waals surface area contributed by atoms with Gasteiger partial charge >= 0.3 is 11.8 Å². The number of pyridine rings is 1. The van der Waals surface area contributed by atoms with Gasteiger partial charge < -0.3 is 14.5 Å². The van der Waals surface area contributed by atoms with Gasteiger partial charge in [0.15, 0.2) is 0 Å². The molecule has 38 heavy (non-hydrogen) atoms. The number of carbonyl (C=O) groups is 2. The minimum atomic E-state index is -0.579. The lowest BCUT2D eigenvalue weighted by molar-refractivity contribution is -0.00331. The van der Waals surface area contributed by atoms with Gasteiger partial charge in [0.2, 0.25) is 0 Å². The predicted molar refractivity (Wildman–Crippen MR) is 143 cm³/mol. The average molecular weight is 526 g/mol. The number of carbonyl (C=O) groups excluding carboxylic acids is 2. The largest absolute Gasteiger partial charge is 0.444 e. The summed E-state index contributed by atoms with van der Waals surface area (Å²) in [6.45, 7) is 14.8. The van der Waals surface area contributed by atoms with E-state index in [4.69, 9.17) is 4.74 Å². The number of halogens is 1. The van der Waals surface area contributed by atoms with Gasteiger partial charge in [-0.15, -0.1) is 0 Å². The summed E-state index contributed by atoms with van der Waals surface area (Å²) in [6.07, 6.45) is 2.90. The second-order valence-electron chi connectivity index (χ2n) is 11.2. The third-order valence-electron chi connectivity index (χ3n) is 6.72. The average Bonchev–Trinajstić information content (AvgIpc) is 3.07. The van der Waals surface area contributed by atoms with Crippen LogP contribution in [0.15, 0.2) is 35.4 Å². The van der Waals surface area contributed by atoms with Crippen LogP contribution in [0.25, 0.3) is 16.7 Å². The zero-order chi connectivity index (χ0) is 27.9. The lowest BCUT2D eigenvalue weighted by Crippen LogP contribution is -2.53. The van der Waals surface area contributed by atoms with E-state index in [-0.39, 0.29) is 35.2 Å². The summed E-state index contributed by atoms with van der Waals surface area (Å²) in [5, 5.41) is 0. The molecule has 10 heteroatoms. The topological polar surface area (TPSA) is 89.7 Å². The zero-order valence-corrected chi connectivity index (χ0v) is 23.1. The number of aryl methyl sites for hydroxylation is 1. The molecule has 0 saturated carbocycles. The minimum Gasteiger partial charge on any atom is -0.444 e. The van der Waals surface area contributed by atoms with Crippen molar-refractivity contribution in [2.24, 2.45) is 5.92 Å². The van der Waals surface area contributed by atoms with E-state index in [0.717, 1.165) is 5.56 Å². The SMILES string of the molecule is CCN(C(=O)c1cc(F)ccc1-n1c(=O)n(CC2CN(C(=O)OC(C)(C)C)C2)c2c(C)cncc21)C(C)C. The van der Waals surface area contributed by atoms with E-state index < -0.39 is 11.4 Å². The molecular formula is C28H36FN5O4. The Morgan fingerprint density at radius 1 is 1.21 bits per heavy atom. The predicted octanol–water partition coefficient (Wildman–Crippen LogP) is 4.37. The summed E-state index contributed by atoms with van der Waals surface area (Å²) in [4.78, 5) is 47.3. The van der Waals surface area contributed by atoms with Gasteiger partial charge in [-0.25, -0.2) is 14.0 Å². The molecule has 2 amide bonds. The van der Waals surface area contributed by atoms with Crippen molar-refractivity contribution in [1.82, 2.24) is 23.9 Å². The molecular weight excluding hydrogens is 489 g/mol. The van der Waals surface area contributed by atoms with Crippen LogP contribution in [0.4, 0.5) is 9.18 Å². The highest BCUT2D eigenvalue weighted by Gasteiger charge is 2.35. The number of nitrogens with zero attached hydrogens (tertiary/aromatic N) is 5. The molecule has 3 aromatic rings. The van der Waals surface area contributed by atoms with Crippen LogP contribution in [0.3, 0.4) is 0 Å². The number of aromatic nitrogens is 3. The van der Waals surface area contributed by atoms with E-state index in [1.807, 2.05) is 48.5 Å². The van der Waals surface area contributed by atoms with Gasteiger partial charge in [0.1, 0.15) is 11.4 Å². The summed E-state index contributed by atoms with van der Waals surface area (Å²) in [7, 11) is 0. The fourth-order valence-electron chi connectivity index (χ4n) is 4.97. The van der Waals surface area contributed by atoms with E-state index in [9.17, 15) is 18.8 Å². The highest BCUT2D eigenvalue weighted by Crippen LogP contribution is 2.27. The number of benzene rings is 1. The maximum absolute atomic E-state index is 14.4. The van der Waals surface area contributed by atoms with Crippen molar-refractivity contribution in [2.45, 2.75) is 66.7 Å². The Labute approximate surface area is 221 Å². The van der Waals surface area contributed by atoms with E-state index in [1.165, 1.54) is 22.8 Å². The molecule has 0 spiro atoms. The van der Waals surface area contributed by atoms with Crippen molar-refractivity contribution in [1.29, 1.82) is 0 Å². The Morgan fingerprint density at radius 3 is 2.50 bits per heavy atom. The van der Waals surface area contributed by atoms with Crippen molar-refractivity contribution < 1.29 is 18.7 Å². The van der Waals surface area contributed by atoms with Crippen LogP contribution in [0.5, 0.6) is 0 Å². The molecule has 3 heterocycles. The quantitative estimate of drug-likeness (QED) is 0.477. The molecule has 1 aliphatic rings. The second kappa shape index (κ2) is 10.2. The first-order chi connectivity index (χ1) is 17.8. The smallest absolute Gasteiger partial charge is 0.410 e. The van der Waals surface area contributed by atoms with E-state index >= 15 is 0 Å². The summed E-state index contributed by atoms with van der Waals surface area (Å²) in [5.74, 6) is -0.852. The standard InChI is InChI=1S/C28H36FN5O4/c1-8-32(17(2)3)25(35)21-11-20(29)9-10-22(21)34-23-13-30-12-18(4)24(23)33(26(34)36)16-19-14-31(15-19)27(37)38-28(5,6)7/h9-13,17,19H,8,14-16H2,1-7H3. The highest BCUT2D eigenvalue weighted by molar-refractivity contribution is 5.98. The molecule has 9 nitrogen and oxygen atoms in total. The fraction of sp³-hybridized carbons (Fsp3) is 0.500. The van der Waals surface area contributed by atoms with Crippen molar-refractivity contribution in [3.05, 3.63) is 58.0 Å². The van der Waals surface area contributed by atoms with Gasteiger partial charge in [-0.1, -0.05) is 0 Å². The molecule has 0 aliphatic carbocycles. The van der Waals surface area contributed by atoms with Crippen molar-refractivity contribution in [3.63, 3.8) is 0 Å². The Bertz CT molecular complexity index is 1430. The number of amides is 2. The van der Waals surface area contributed by atoms with Gasteiger partial charge in [0.05, 0.1) is 28.5 Å². The fourth-order valence-corrected chi connectivity index (χ4v) is 4.97. The first-order valence-electron chi connectivity index (χ1n) is 13.0. The van der Waals surface area contributed by atoms with Crippen LogP contribution in [0, 0.1) is 18.7 Å². The summed E-state index contributed by atoms with van der Waals surface area (Å²) >= 11 is 0. The molecule has 1 aliphatic heterocycles. The molecule has 0 bridgehead atoms. The van der Waals surface area contributed by atoms with Gasteiger partial charge in [0, 0.05) is 44.3 Å².